The minimum atomic E-state index is 0.331. The monoisotopic (exact) mass is 287 g/mol. The van der Waals surface area contributed by atoms with Crippen molar-refractivity contribution in [2.24, 2.45) is 17.8 Å². The van der Waals surface area contributed by atoms with Gasteiger partial charge in [0.2, 0.25) is 5.91 Å². The van der Waals surface area contributed by atoms with Gasteiger partial charge in [-0.15, -0.1) is 0 Å². The molecule has 0 aromatic heterocycles. The molecule has 1 aliphatic heterocycles. The number of rotatable bonds is 6. The van der Waals surface area contributed by atoms with Gasteiger partial charge in [0, 0.05) is 19.5 Å². The van der Waals surface area contributed by atoms with Crippen LogP contribution in [0.4, 0.5) is 0 Å². The van der Waals surface area contributed by atoms with Crippen molar-refractivity contribution in [2.75, 3.05) is 6.54 Å². The molecule has 2 unspecified atom stereocenters. The molecule has 116 valence electrons. The lowest BCUT2D eigenvalue weighted by Gasteiger charge is -2.19. The second-order valence-electron chi connectivity index (χ2n) is 7.30. The van der Waals surface area contributed by atoms with Crippen LogP contribution in [-0.2, 0) is 11.3 Å². The standard InChI is InChI=1S/C19H29NO/c1-14(2)9-16(4)10-18-11-19(21)20(13-18)12-17-7-5-15(3)6-8-17/h5-8,14,16,18H,9-13H2,1-4H3. The third-order valence-electron chi connectivity index (χ3n) is 4.40. The third kappa shape index (κ3) is 4.87. The second kappa shape index (κ2) is 7.11. The van der Waals surface area contributed by atoms with Gasteiger partial charge in [-0.1, -0.05) is 50.6 Å². The molecule has 0 bridgehead atoms. The van der Waals surface area contributed by atoms with Crippen molar-refractivity contribution >= 4 is 5.91 Å². The number of aryl methyl sites for hydroxylation is 1. The summed E-state index contributed by atoms with van der Waals surface area (Å²) in [5, 5.41) is 0. The van der Waals surface area contributed by atoms with E-state index in [4.69, 9.17) is 0 Å². The van der Waals surface area contributed by atoms with Crippen molar-refractivity contribution in [3.8, 4) is 0 Å². The first kappa shape index (κ1) is 16.1. The molecule has 0 aliphatic carbocycles. The predicted molar refractivity (Wildman–Crippen MR) is 87.9 cm³/mol. The van der Waals surface area contributed by atoms with Crippen LogP contribution in [0.15, 0.2) is 24.3 Å². The van der Waals surface area contributed by atoms with Crippen molar-refractivity contribution in [3.05, 3.63) is 35.4 Å². The fourth-order valence-corrected chi connectivity index (χ4v) is 3.55. The van der Waals surface area contributed by atoms with Gasteiger partial charge in [-0.2, -0.15) is 0 Å². The Balaban J connectivity index is 1.86. The van der Waals surface area contributed by atoms with Crippen LogP contribution >= 0.6 is 0 Å². The molecule has 1 aliphatic rings. The van der Waals surface area contributed by atoms with Crippen LogP contribution in [-0.4, -0.2) is 17.4 Å². The Hall–Kier alpha value is -1.31. The molecule has 1 saturated heterocycles. The minimum absolute atomic E-state index is 0.331. The highest BCUT2D eigenvalue weighted by Gasteiger charge is 2.30. The number of benzene rings is 1. The number of hydrogen-bond acceptors (Lipinski definition) is 1. The van der Waals surface area contributed by atoms with Crippen molar-refractivity contribution in [1.29, 1.82) is 0 Å². The topological polar surface area (TPSA) is 20.3 Å². The lowest BCUT2D eigenvalue weighted by atomic mass is 9.89. The lowest BCUT2D eigenvalue weighted by Crippen LogP contribution is -2.24. The summed E-state index contributed by atoms with van der Waals surface area (Å²) < 4.78 is 0. The summed E-state index contributed by atoms with van der Waals surface area (Å²) in [5.41, 5.74) is 2.51. The molecule has 1 aromatic carbocycles. The Bertz CT molecular complexity index is 463. The molecule has 2 rings (SSSR count). The molecule has 1 heterocycles. The van der Waals surface area contributed by atoms with Crippen LogP contribution in [0.25, 0.3) is 0 Å². The molecule has 1 amide bonds. The summed E-state index contributed by atoms with van der Waals surface area (Å²) in [6.45, 7) is 10.7. The number of hydrogen-bond donors (Lipinski definition) is 0. The fourth-order valence-electron chi connectivity index (χ4n) is 3.55. The first-order valence-corrected chi connectivity index (χ1v) is 8.27. The van der Waals surface area contributed by atoms with Crippen LogP contribution in [0, 0.1) is 24.7 Å². The van der Waals surface area contributed by atoms with E-state index in [-0.39, 0.29) is 0 Å². The van der Waals surface area contributed by atoms with Crippen LogP contribution in [0.1, 0.15) is 51.2 Å². The van der Waals surface area contributed by atoms with Gasteiger partial charge in [0.05, 0.1) is 0 Å². The highest BCUT2D eigenvalue weighted by atomic mass is 16.2. The molecule has 1 fully saturated rings. The van der Waals surface area contributed by atoms with E-state index in [0.29, 0.717) is 11.8 Å². The van der Waals surface area contributed by atoms with Gasteiger partial charge >= 0.3 is 0 Å². The molecule has 0 saturated carbocycles. The summed E-state index contributed by atoms with van der Waals surface area (Å²) in [6.07, 6.45) is 3.20. The number of carbonyl (C=O) groups is 1. The minimum Gasteiger partial charge on any atom is -0.338 e. The van der Waals surface area contributed by atoms with E-state index in [2.05, 4.69) is 52.0 Å². The quantitative estimate of drug-likeness (QED) is 0.758. The average molecular weight is 287 g/mol. The first-order valence-electron chi connectivity index (χ1n) is 8.27. The summed E-state index contributed by atoms with van der Waals surface area (Å²) in [7, 11) is 0. The highest BCUT2D eigenvalue weighted by Crippen LogP contribution is 2.28. The smallest absolute Gasteiger partial charge is 0.223 e. The zero-order valence-electron chi connectivity index (χ0n) is 13.9. The Labute approximate surface area is 129 Å². The average Bonchev–Trinajstić information content (AvgIpc) is 2.71. The fraction of sp³-hybridized carbons (Fsp3) is 0.632. The molecular weight excluding hydrogens is 258 g/mol. The van der Waals surface area contributed by atoms with Gasteiger partial charge in [-0.25, -0.2) is 0 Å². The molecule has 0 spiro atoms. The van der Waals surface area contributed by atoms with Gasteiger partial charge in [0.1, 0.15) is 0 Å². The zero-order chi connectivity index (χ0) is 15.4. The Morgan fingerprint density at radius 1 is 1.19 bits per heavy atom. The second-order valence-corrected chi connectivity index (χ2v) is 7.30. The van der Waals surface area contributed by atoms with E-state index in [9.17, 15) is 4.79 Å². The van der Waals surface area contributed by atoms with Crippen molar-refractivity contribution in [3.63, 3.8) is 0 Å². The van der Waals surface area contributed by atoms with Crippen molar-refractivity contribution in [2.45, 2.75) is 53.5 Å². The maximum atomic E-state index is 12.2. The van der Waals surface area contributed by atoms with Crippen LogP contribution in [0.5, 0.6) is 0 Å². The Kier molecular flexibility index (Phi) is 5.44. The number of carbonyl (C=O) groups excluding carboxylic acids is 1. The van der Waals surface area contributed by atoms with Crippen molar-refractivity contribution < 1.29 is 4.79 Å². The molecule has 0 radical (unpaired) electrons. The maximum absolute atomic E-state index is 12.2. The SMILES string of the molecule is Cc1ccc(CN2CC(CC(C)CC(C)C)CC2=O)cc1. The highest BCUT2D eigenvalue weighted by molar-refractivity contribution is 5.78. The number of likely N-dealkylation sites (tertiary alicyclic amines) is 1. The van der Waals surface area contributed by atoms with Gasteiger partial charge in [-0.3, -0.25) is 4.79 Å². The van der Waals surface area contributed by atoms with Crippen LogP contribution in [0.3, 0.4) is 0 Å². The summed E-state index contributed by atoms with van der Waals surface area (Å²) in [5.74, 6) is 2.36. The summed E-state index contributed by atoms with van der Waals surface area (Å²) in [6, 6.07) is 8.52. The zero-order valence-corrected chi connectivity index (χ0v) is 13.9. The van der Waals surface area contributed by atoms with E-state index in [1.165, 1.54) is 24.0 Å². The maximum Gasteiger partial charge on any atom is 0.223 e. The number of amides is 1. The van der Waals surface area contributed by atoms with E-state index in [1.54, 1.807) is 0 Å². The molecule has 1 aromatic rings. The van der Waals surface area contributed by atoms with E-state index in [0.717, 1.165) is 31.3 Å². The molecule has 21 heavy (non-hydrogen) atoms. The normalized spacial score (nSPS) is 20.3. The molecular formula is C19H29NO. The van der Waals surface area contributed by atoms with E-state index >= 15 is 0 Å². The van der Waals surface area contributed by atoms with E-state index in [1.807, 2.05) is 4.90 Å². The Morgan fingerprint density at radius 2 is 1.86 bits per heavy atom. The first-order chi connectivity index (χ1) is 9.94. The largest absolute Gasteiger partial charge is 0.338 e. The van der Waals surface area contributed by atoms with Gasteiger partial charge in [0.25, 0.3) is 0 Å². The predicted octanol–water partition coefficient (Wildman–Crippen LogP) is 4.42. The van der Waals surface area contributed by atoms with Crippen LogP contribution < -0.4 is 0 Å². The molecule has 2 nitrogen and oxygen atoms in total. The van der Waals surface area contributed by atoms with Crippen LogP contribution in [0.2, 0.25) is 0 Å². The Morgan fingerprint density at radius 3 is 2.48 bits per heavy atom. The molecule has 2 heteroatoms. The van der Waals surface area contributed by atoms with Gasteiger partial charge in [0.15, 0.2) is 0 Å². The number of nitrogens with zero attached hydrogens (tertiary/aromatic N) is 1. The molecule has 2 atom stereocenters. The van der Waals surface area contributed by atoms with E-state index < -0.39 is 0 Å². The summed E-state index contributed by atoms with van der Waals surface area (Å²) in [4.78, 5) is 14.2. The van der Waals surface area contributed by atoms with Crippen molar-refractivity contribution in [1.82, 2.24) is 4.90 Å². The van der Waals surface area contributed by atoms with Gasteiger partial charge in [-0.05, 0) is 43.1 Å². The van der Waals surface area contributed by atoms with Gasteiger partial charge < -0.3 is 4.90 Å². The summed E-state index contributed by atoms with van der Waals surface area (Å²) >= 11 is 0. The lowest BCUT2D eigenvalue weighted by molar-refractivity contribution is -0.128. The third-order valence-corrected chi connectivity index (χ3v) is 4.40. The molecule has 0 N–H and O–H groups in total.